The molecule has 0 aliphatic carbocycles. The summed E-state index contributed by atoms with van der Waals surface area (Å²) in [5, 5.41) is 36.9. The average Bonchev–Trinajstić information content (AvgIpc) is 2.10. The quantitative estimate of drug-likeness (QED) is 0.322. The van der Waals surface area contributed by atoms with Crippen molar-refractivity contribution in [2.75, 3.05) is 13.2 Å². The van der Waals surface area contributed by atoms with E-state index in [9.17, 15) is 10.2 Å². The molecule has 6 nitrogen and oxygen atoms in total. The highest BCUT2D eigenvalue weighted by Crippen LogP contribution is 2.24. The van der Waals surface area contributed by atoms with Crippen molar-refractivity contribution in [2.45, 2.75) is 30.5 Å². The minimum atomic E-state index is -1.56. The number of rotatable bonds is 2. The van der Waals surface area contributed by atoms with Gasteiger partial charge in [0, 0.05) is 13.0 Å². The predicted molar refractivity (Wildman–Crippen MR) is 42.6 cm³/mol. The molecule has 1 aliphatic rings. The minimum absolute atomic E-state index is 0.0331. The molecule has 0 spiro atoms. The molecule has 6 heteroatoms. The van der Waals surface area contributed by atoms with Crippen LogP contribution in [0.2, 0.25) is 0 Å². The molecule has 4 unspecified atom stereocenters. The van der Waals surface area contributed by atoms with E-state index < -0.39 is 24.0 Å². The molecule has 0 saturated carbocycles. The Hall–Kier alpha value is -0.240. The van der Waals surface area contributed by atoms with E-state index in [1.807, 2.05) is 0 Å². The monoisotopic (exact) mass is 193 g/mol. The Balaban J connectivity index is 2.67. The van der Waals surface area contributed by atoms with Crippen LogP contribution < -0.4 is 5.73 Å². The van der Waals surface area contributed by atoms with Gasteiger partial charge in [-0.15, -0.1) is 0 Å². The van der Waals surface area contributed by atoms with Crippen molar-refractivity contribution >= 4 is 0 Å². The van der Waals surface area contributed by atoms with E-state index in [2.05, 4.69) is 0 Å². The third-order valence-electron chi connectivity index (χ3n) is 2.29. The molecule has 1 saturated heterocycles. The van der Waals surface area contributed by atoms with Crippen LogP contribution in [0.1, 0.15) is 6.42 Å². The zero-order chi connectivity index (χ0) is 10.1. The number of hydrogen-bond donors (Lipinski definition) is 5. The van der Waals surface area contributed by atoms with Crippen molar-refractivity contribution in [3.63, 3.8) is 0 Å². The summed E-state index contributed by atoms with van der Waals surface area (Å²) in [7, 11) is 0. The molecule has 6 N–H and O–H groups in total. The SMILES string of the molecule is NC1C(O)OCC(O)(CCO)C1O. The first-order chi connectivity index (χ1) is 6.01. The van der Waals surface area contributed by atoms with Gasteiger partial charge in [0.15, 0.2) is 6.29 Å². The molecular weight excluding hydrogens is 178 g/mol. The van der Waals surface area contributed by atoms with Crippen molar-refractivity contribution in [1.82, 2.24) is 0 Å². The fraction of sp³-hybridized carbons (Fsp3) is 1.00. The van der Waals surface area contributed by atoms with Gasteiger partial charge in [-0.3, -0.25) is 0 Å². The van der Waals surface area contributed by atoms with E-state index in [1.165, 1.54) is 0 Å². The lowest BCUT2D eigenvalue weighted by Gasteiger charge is -2.42. The molecular formula is C7H15NO5. The molecule has 0 aromatic rings. The summed E-state index contributed by atoms with van der Waals surface area (Å²) < 4.78 is 4.74. The first-order valence-electron chi connectivity index (χ1n) is 4.08. The molecule has 4 atom stereocenters. The standard InChI is InChI=1S/C7H15NO5/c8-4-5(10)7(12,1-2-9)3-13-6(4)11/h4-6,9-12H,1-3,8H2. The van der Waals surface area contributed by atoms with Gasteiger partial charge >= 0.3 is 0 Å². The smallest absolute Gasteiger partial charge is 0.172 e. The second-order valence-electron chi connectivity index (χ2n) is 3.30. The fourth-order valence-corrected chi connectivity index (χ4v) is 1.35. The summed E-state index contributed by atoms with van der Waals surface area (Å²) in [6.45, 7) is -0.511. The molecule has 0 aromatic heterocycles. The summed E-state index contributed by atoms with van der Waals surface area (Å²) in [5.41, 5.74) is 3.80. The first-order valence-corrected chi connectivity index (χ1v) is 4.08. The summed E-state index contributed by atoms with van der Waals surface area (Å²) in [4.78, 5) is 0. The van der Waals surface area contributed by atoms with Crippen molar-refractivity contribution in [3.05, 3.63) is 0 Å². The van der Waals surface area contributed by atoms with Crippen LogP contribution in [-0.2, 0) is 4.74 Å². The van der Waals surface area contributed by atoms with Crippen LogP contribution in [0.15, 0.2) is 0 Å². The fourth-order valence-electron chi connectivity index (χ4n) is 1.35. The Kier molecular flexibility index (Phi) is 3.23. The van der Waals surface area contributed by atoms with E-state index in [0.29, 0.717) is 0 Å². The molecule has 0 bridgehead atoms. The zero-order valence-electron chi connectivity index (χ0n) is 7.13. The van der Waals surface area contributed by atoms with E-state index in [4.69, 9.17) is 20.7 Å². The van der Waals surface area contributed by atoms with Gasteiger partial charge in [0.2, 0.25) is 0 Å². The maximum absolute atomic E-state index is 9.70. The van der Waals surface area contributed by atoms with Gasteiger partial charge in [-0.05, 0) is 0 Å². The molecule has 13 heavy (non-hydrogen) atoms. The Bertz CT molecular complexity index is 178. The minimum Gasteiger partial charge on any atom is -0.396 e. The highest BCUT2D eigenvalue weighted by molar-refractivity contribution is 4.96. The third kappa shape index (κ3) is 1.98. The molecule has 78 valence electrons. The molecule has 0 amide bonds. The van der Waals surface area contributed by atoms with Crippen LogP contribution in [0.3, 0.4) is 0 Å². The number of hydrogen-bond acceptors (Lipinski definition) is 6. The van der Waals surface area contributed by atoms with E-state index >= 15 is 0 Å². The van der Waals surface area contributed by atoms with Crippen molar-refractivity contribution in [2.24, 2.45) is 5.73 Å². The number of ether oxygens (including phenoxy) is 1. The highest BCUT2D eigenvalue weighted by Gasteiger charge is 2.46. The Morgan fingerprint density at radius 1 is 1.46 bits per heavy atom. The van der Waals surface area contributed by atoms with Crippen molar-refractivity contribution in [3.8, 4) is 0 Å². The van der Waals surface area contributed by atoms with E-state index in [-0.39, 0.29) is 19.6 Å². The van der Waals surface area contributed by atoms with E-state index in [1.54, 1.807) is 0 Å². The highest BCUT2D eigenvalue weighted by atomic mass is 16.6. The molecule has 1 fully saturated rings. The maximum atomic E-state index is 9.70. The van der Waals surface area contributed by atoms with E-state index in [0.717, 1.165) is 0 Å². The van der Waals surface area contributed by atoms with Gasteiger partial charge in [0.25, 0.3) is 0 Å². The van der Waals surface area contributed by atoms with Crippen LogP contribution >= 0.6 is 0 Å². The third-order valence-corrected chi connectivity index (χ3v) is 2.29. The largest absolute Gasteiger partial charge is 0.396 e. The number of aliphatic hydroxyl groups excluding tert-OH is 3. The van der Waals surface area contributed by atoms with Gasteiger partial charge in [0.05, 0.1) is 12.6 Å². The Labute approximate surface area is 75.6 Å². The second-order valence-corrected chi connectivity index (χ2v) is 3.30. The lowest BCUT2D eigenvalue weighted by atomic mass is 9.87. The van der Waals surface area contributed by atoms with Crippen LogP contribution in [-0.4, -0.2) is 57.7 Å². The Morgan fingerprint density at radius 2 is 2.08 bits per heavy atom. The van der Waals surface area contributed by atoms with Crippen LogP contribution in [0, 0.1) is 0 Å². The van der Waals surface area contributed by atoms with Gasteiger partial charge < -0.3 is 30.9 Å². The van der Waals surface area contributed by atoms with Crippen LogP contribution in [0.5, 0.6) is 0 Å². The summed E-state index contributed by atoms with van der Waals surface area (Å²) in [6, 6.07) is -1.05. The average molecular weight is 193 g/mol. The van der Waals surface area contributed by atoms with Crippen LogP contribution in [0.4, 0.5) is 0 Å². The predicted octanol–water partition coefficient (Wildman–Crippen LogP) is -2.86. The normalized spacial score (nSPS) is 46.4. The van der Waals surface area contributed by atoms with Gasteiger partial charge in [-0.25, -0.2) is 0 Å². The second kappa shape index (κ2) is 3.87. The first kappa shape index (κ1) is 10.8. The van der Waals surface area contributed by atoms with Crippen molar-refractivity contribution < 1.29 is 25.2 Å². The number of aliphatic hydroxyl groups is 4. The van der Waals surface area contributed by atoms with Gasteiger partial charge in [0.1, 0.15) is 11.7 Å². The lowest BCUT2D eigenvalue weighted by Crippen LogP contribution is -2.64. The molecule has 1 aliphatic heterocycles. The summed E-state index contributed by atoms with van der Waals surface area (Å²) >= 11 is 0. The molecule has 0 radical (unpaired) electrons. The van der Waals surface area contributed by atoms with Gasteiger partial charge in [-0.2, -0.15) is 0 Å². The summed E-state index contributed by atoms with van der Waals surface area (Å²) in [6.07, 6.45) is -2.59. The topological polar surface area (TPSA) is 116 Å². The van der Waals surface area contributed by atoms with Gasteiger partial charge in [-0.1, -0.05) is 0 Å². The van der Waals surface area contributed by atoms with Crippen molar-refractivity contribution in [1.29, 1.82) is 0 Å². The summed E-state index contributed by atoms with van der Waals surface area (Å²) in [5.74, 6) is 0. The molecule has 1 rings (SSSR count). The van der Waals surface area contributed by atoms with Crippen LogP contribution in [0.25, 0.3) is 0 Å². The maximum Gasteiger partial charge on any atom is 0.172 e. The zero-order valence-corrected chi connectivity index (χ0v) is 7.13. The Morgan fingerprint density at radius 3 is 2.62 bits per heavy atom. The number of nitrogens with two attached hydrogens (primary N) is 1. The lowest BCUT2D eigenvalue weighted by molar-refractivity contribution is -0.248. The molecule has 0 aromatic carbocycles. The molecule has 1 heterocycles.